The van der Waals surface area contributed by atoms with E-state index in [1.807, 2.05) is 50.2 Å². The van der Waals surface area contributed by atoms with Crippen molar-refractivity contribution in [1.82, 2.24) is 0 Å². The van der Waals surface area contributed by atoms with E-state index in [2.05, 4.69) is 12.1 Å². The van der Waals surface area contributed by atoms with Crippen LogP contribution in [0.15, 0.2) is 48.5 Å². The van der Waals surface area contributed by atoms with Crippen LogP contribution in [-0.2, 0) is 12.8 Å². The lowest BCUT2D eigenvalue weighted by Gasteiger charge is -2.13. The zero-order valence-electron chi connectivity index (χ0n) is 11.1. The molecule has 0 amide bonds. The average Bonchev–Trinajstić information content (AvgIpc) is 2.60. The molecule has 0 spiro atoms. The zero-order valence-corrected chi connectivity index (χ0v) is 11.1. The standard InChI is InChI=1S/C15H14O.C2H6/c16-15-13-7-3-1-5-11(13)9-10-12-6-2-4-8-14(12)15;1-2/h1-8,15-16H,9-10H2;1-2H3. The summed E-state index contributed by atoms with van der Waals surface area (Å²) in [5.74, 6) is 0. The van der Waals surface area contributed by atoms with Crippen molar-refractivity contribution in [3.63, 3.8) is 0 Å². The van der Waals surface area contributed by atoms with Crippen molar-refractivity contribution in [3.05, 3.63) is 70.8 Å². The molecule has 3 rings (SSSR count). The van der Waals surface area contributed by atoms with E-state index < -0.39 is 6.10 Å². The molecule has 0 bridgehead atoms. The molecule has 0 atom stereocenters. The summed E-state index contributed by atoms with van der Waals surface area (Å²) in [5, 5.41) is 10.4. The zero-order chi connectivity index (χ0) is 13.0. The summed E-state index contributed by atoms with van der Waals surface area (Å²) in [7, 11) is 0. The van der Waals surface area contributed by atoms with Gasteiger partial charge in [0, 0.05) is 0 Å². The Hall–Kier alpha value is -1.60. The molecule has 1 aliphatic carbocycles. The second-order valence-electron chi connectivity index (χ2n) is 4.30. The number of aliphatic hydroxyl groups excluding tert-OH is 1. The molecular formula is C17H20O. The Morgan fingerprint density at radius 1 is 0.778 bits per heavy atom. The molecule has 94 valence electrons. The first-order valence-electron chi connectivity index (χ1n) is 6.70. The Labute approximate surface area is 109 Å². The molecule has 2 aromatic rings. The minimum Gasteiger partial charge on any atom is -0.384 e. The SMILES string of the molecule is CC.OC1c2ccccc2CCc2ccccc21. The van der Waals surface area contributed by atoms with Crippen LogP contribution in [0.3, 0.4) is 0 Å². The molecule has 0 aromatic heterocycles. The Morgan fingerprint density at radius 3 is 1.61 bits per heavy atom. The third-order valence-electron chi connectivity index (χ3n) is 3.36. The highest BCUT2D eigenvalue weighted by atomic mass is 16.3. The number of hydrogen-bond acceptors (Lipinski definition) is 1. The van der Waals surface area contributed by atoms with Gasteiger partial charge in [0.05, 0.1) is 0 Å². The lowest BCUT2D eigenvalue weighted by Crippen LogP contribution is -2.01. The molecule has 1 heteroatoms. The van der Waals surface area contributed by atoms with E-state index >= 15 is 0 Å². The van der Waals surface area contributed by atoms with Gasteiger partial charge in [-0.15, -0.1) is 0 Å². The predicted octanol–water partition coefficient (Wildman–Crippen LogP) is 3.89. The molecule has 0 heterocycles. The van der Waals surface area contributed by atoms with Crippen molar-refractivity contribution in [2.45, 2.75) is 32.8 Å². The third kappa shape index (κ3) is 2.32. The van der Waals surface area contributed by atoms with Gasteiger partial charge in [-0.3, -0.25) is 0 Å². The van der Waals surface area contributed by atoms with Crippen molar-refractivity contribution in [2.75, 3.05) is 0 Å². The summed E-state index contributed by atoms with van der Waals surface area (Å²) in [6.07, 6.45) is 1.57. The van der Waals surface area contributed by atoms with Crippen molar-refractivity contribution >= 4 is 0 Å². The minimum atomic E-state index is -0.463. The number of aryl methyl sites for hydroxylation is 2. The largest absolute Gasteiger partial charge is 0.384 e. The van der Waals surface area contributed by atoms with Crippen molar-refractivity contribution in [1.29, 1.82) is 0 Å². The maximum Gasteiger partial charge on any atom is 0.105 e. The predicted molar refractivity (Wildman–Crippen MR) is 75.7 cm³/mol. The smallest absolute Gasteiger partial charge is 0.105 e. The van der Waals surface area contributed by atoms with E-state index in [9.17, 15) is 5.11 Å². The Kier molecular flexibility index (Phi) is 4.16. The van der Waals surface area contributed by atoms with Crippen LogP contribution in [0, 0.1) is 0 Å². The summed E-state index contributed by atoms with van der Waals surface area (Å²) in [4.78, 5) is 0. The van der Waals surface area contributed by atoms with Gasteiger partial charge in [-0.05, 0) is 35.1 Å². The molecule has 18 heavy (non-hydrogen) atoms. The second-order valence-corrected chi connectivity index (χ2v) is 4.30. The normalized spacial score (nSPS) is 13.7. The lowest BCUT2D eigenvalue weighted by molar-refractivity contribution is 0.219. The molecule has 0 fully saturated rings. The summed E-state index contributed by atoms with van der Waals surface area (Å²) < 4.78 is 0. The Bertz CT molecular complexity index is 469. The van der Waals surface area contributed by atoms with Gasteiger partial charge in [-0.1, -0.05) is 62.4 Å². The third-order valence-corrected chi connectivity index (χ3v) is 3.36. The van der Waals surface area contributed by atoms with Gasteiger partial charge in [0.15, 0.2) is 0 Å². The number of hydrogen-bond donors (Lipinski definition) is 1. The van der Waals surface area contributed by atoms with E-state index in [4.69, 9.17) is 0 Å². The summed E-state index contributed by atoms with van der Waals surface area (Å²) in [5.41, 5.74) is 4.66. The molecule has 0 saturated carbocycles. The molecule has 2 aromatic carbocycles. The molecule has 0 aliphatic heterocycles. The quantitative estimate of drug-likeness (QED) is 0.740. The molecular weight excluding hydrogens is 220 g/mol. The highest BCUT2D eigenvalue weighted by molar-refractivity contribution is 5.42. The second kappa shape index (κ2) is 5.83. The van der Waals surface area contributed by atoms with Crippen molar-refractivity contribution in [3.8, 4) is 0 Å². The maximum atomic E-state index is 10.4. The molecule has 0 saturated heterocycles. The highest BCUT2D eigenvalue weighted by Crippen LogP contribution is 2.31. The molecule has 0 unspecified atom stereocenters. The first kappa shape index (κ1) is 12.8. The Morgan fingerprint density at radius 2 is 1.17 bits per heavy atom. The van der Waals surface area contributed by atoms with Gasteiger partial charge in [-0.25, -0.2) is 0 Å². The van der Waals surface area contributed by atoms with Crippen LogP contribution in [-0.4, -0.2) is 5.11 Å². The fourth-order valence-corrected chi connectivity index (χ4v) is 2.49. The fourth-order valence-electron chi connectivity index (χ4n) is 2.49. The van der Waals surface area contributed by atoms with Crippen molar-refractivity contribution < 1.29 is 5.11 Å². The van der Waals surface area contributed by atoms with E-state index in [-0.39, 0.29) is 0 Å². The van der Waals surface area contributed by atoms with Crippen LogP contribution in [0.2, 0.25) is 0 Å². The first-order valence-corrected chi connectivity index (χ1v) is 6.70. The van der Waals surface area contributed by atoms with Crippen LogP contribution in [0.25, 0.3) is 0 Å². The van der Waals surface area contributed by atoms with E-state index in [1.54, 1.807) is 0 Å². The summed E-state index contributed by atoms with van der Waals surface area (Å²) in [6, 6.07) is 16.4. The van der Waals surface area contributed by atoms with Crippen LogP contribution >= 0.6 is 0 Å². The fraction of sp³-hybridized carbons (Fsp3) is 0.294. The first-order chi connectivity index (χ1) is 8.86. The summed E-state index contributed by atoms with van der Waals surface area (Å²) >= 11 is 0. The average molecular weight is 240 g/mol. The number of rotatable bonds is 0. The molecule has 1 aliphatic rings. The molecule has 0 radical (unpaired) electrons. The van der Waals surface area contributed by atoms with Crippen LogP contribution in [0.4, 0.5) is 0 Å². The Balaban J connectivity index is 0.000000574. The summed E-state index contributed by atoms with van der Waals surface area (Å²) in [6.45, 7) is 4.00. The minimum absolute atomic E-state index is 0.463. The van der Waals surface area contributed by atoms with Crippen LogP contribution in [0.1, 0.15) is 42.2 Å². The van der Waals surface area contributed by atoms with Crippen LogP contribution < -0.4 is 0 Å². The number of benzene rings is 2. The number of fused-ring (bicyclic) bond motifs is 2. The molecule has 1 nitrogen and oxygen atoms in total. The van der Waals surface area contributed by atoms with Gasteiger partial charge in [0.1, 0.15) is 6.10 Å². The van der Waals surface area contributed by atoms with Crippen LogP contribution in [0.5, 0.6) is 0 Å². The van der Waals surface area contributed by atoms with Gasteiger partial charge in [-0.2, -0.15) is 0 Å². The van der Waals surface area contributed by atoms with Gasteiger partial charge < -0.3 is 5.11 Å². The lowest BCUT2D eigenvalue weighted by atomic mass is 9.97. The van der Waals surface area contributed by atoms with E-state index in [1.165, 1.54) is 11.1 Å². The van der Waals surface area contributed by atoms with Gasteiger partial charge >= 0.3 is 0 Å². The van der Waals surface area contributed by atoms with Gasteiger partial charge in [0.25, 0.3) is 0 Å². The van der Waals surface area contributed by atoms with E-state index in [0.717, 1.165) is 24.0 Å². The van der Waals surface area contributed by atoms with E-state index in [0.29, 0.717) is 0 Å². The monoisotopic (exact) mass is 240 g/mol. The molecule has 1 N–H and O–H groups in total. The number of aliphatic hydroxyl groups is 1. The van der Waals surface area contributed by atoms with Gasteiger partial charge in [0.2, 0.25) is 0 Å². The topological polar surface area (TPSA) is 20.2 Å². The van der Waals surface area contributed by atoms with Crippen molar-refractivity contribution in [2.24, 2.45) is 0 Å². The highest BCUT2D eigenvalue weighted by Gasteiger charge is 2.20. The maximum absolute atomic E-state index is 10.4.